The van der Waals surface area contributed by atoms with Crippen molar-refractivity contribution in [1.29, 1.82) is 0 Å². The molecule has 0 bridgehead atoms. The van der Waals surface area contributed by atoms with Crippen molar-refractivity contribution >= 4 is 32.2 Å². The number of unbranched alkanes of at least 4 members (excludes halogenated alkanes) is 1. The van der Waals surface area contributed by atoms with Crippen molar-refractivity contribution in [1.82, 2.24) is 4.37 Å². The SMILES string of the molecule is CCS(=O)(=O)c1c(N)nsc1NCCCCC(F)(F)F. The predicted octanol–water partition coefficient (Wildman–Crippen LogP) is 2.66. The maximum atomic E-state index is 12.0. The molecule has 0 fully saturated rings. The van der Waals surface area contributed by atoms with E-state index in [1.165, 1.54) is 6.92 Å². The van der Waals surface area contributed by atoms with Gasteiger partial charge in [0.05, 0.1) is 5.75 Å². The average Bonchev–Trinajstić information content (AvgIpc) is 2.69. The smallest absolute Gasteiger partial charge is 0.382 e. The summed E-state index contributed by atoms with van der Waals surface area (Å²) in [7, 11) is -3.50. The molecule has 0 spiro atoms. The second-order valence-corrected chi connectivity index (χ2v) is 7.12. The molecule has 5 nitrogen and oxygen atoms in total. The average molecular weight is 331 g/mol. The fourth-order valence-corrected chi connectivity index (χ4v) is 3.70. The minimum atomic E-state index is -4.16. The molecule has 0 aliphatic heterocycles. The fourth-order valence-electron chi connectivity index (χ4n) is 1.50. The number of hydrogen-bond acceptors (Lipinski definition) is 6. The summed E-state index contributed by atoms with van der Waals surface area (Å²) in [6, 6.07) is 0. The van der Waals surface area contributed by atoms with Gasteiger partial charge in [0.25, 0.3) is 0 Å². The van der Waals surface area contributed by atoms with Crippen LogP contribution >= 0.6 is 11.5 Å². The summed E-state index contributed by atoms with van der Waals surface area (Å²) in [5.41, 5.74) is 5.52. The monoisotopic (exact) mass is 331 g/mol. The standard InChI is InChI=1S/C10H16F3N3O2S2/c1-2-20(17,18)7-8(14)16-19-9(7)15-6-4-3-5-10(11,12)13/h15H,2-6H2,1H3,(H2,14,16). The number of sulfone groups is 1. The number of nitrogens with zero attached hydrogens (tertiary/aromatic N) is 1. The highest BCUT2D eigenvalue weighted by Crippen LogP contribution is 2.32. The Hall–Kier alpha value is -1.03. The van der Waals surface area contributed by atoms with E-state index in [4.69, 9.17) is 5.73 Å². The third-order valence-electron chi connectivity index (χ3n) is 2.54. The summed E-state index contributed by atoms with van der Waals surface area (Å²) in [6.07, 6.45) is -4.74. The summed E-state index contributed by atoms with van der Waals surface area (Å²) < 4.78 is 63.3. The van der Waals surface area contributed by atoms with Crippen LogP contribution in [0.1, 0.15) is 26.2 Å². The fraction of sp³-hybridized carbons (Fsp3) is 0.700. The lowest BCUT2D eigenvalue weighted by atomic mass is 10.2. The molecule has 3 N–H and O–H groups in total. The molecule has 0 amide bonds. The van der Waals surface area contributed by atoms with Gasteiger partial charge in [-0.2, -0.15) is 17.5 Å². The van der Waals surface area contributed by atoms with Crippen LogP contribution in [0, 0.1) is 0 Å². The molecule has 10 heteroatoms. The van der Waals surface area contributed by atoms with Crippen LogP contribution in [0.4, 0.5) is 24.0 Å². The van der Waals surface area contributed by atoms with Crippen molar-refractivity contribution < 1.29 is 21.6 Å². The van der Waals surface area contributed by atoms with Gasteiger partial charge in [0.15, 0.2) is 15.7 Å². The summed E-state index contributed by atoms with van der Waals surface area (Å²) >= 11 is 0.894. The topological polar surface area (TPSA) is 85.1 Å². The zero-order chi connectivity index (χ0) is 15.4. The van der Waals surface area contributed by atoms with Crippen molar-refractivity contribution in [3.8, 4) is 0 Å². The first kappa shape index (κ1) is 17.0. The van der Waals surface area contributed by atoms with Gasteiger partial charge in [-0.25, -0.2) is 8.42 Å². The van der Waals surface area contributed by atoms with E-state index in [0.29, 0.717) is 0 Å². The van der Waals surface area contributed by atoms with Crippen molar-refractivity contribution in [2.75, 3.05) is 23.3 Å². The molecule has 0 aliphatic rings. The summed E-state index contributed by atoms with van der Waals surface area (Å²) in [5.74, 6) is -0.187. The zero-order valence-corrected chi connectivity index (χ0v) is 12.5. The Kier molecular flexibility index (Phi) is 5.63. The van der Waals surface area contributed by atoms with Crippen molar-refractivity contribution in [2.24, 2.45) is 0 Å². The highest BCUT2D eigenvalue weighted by Gasteiger charge is 2.26. The van der Waals surface area contributed by atoms with E-state index in [9.17, 15) is 21.6 Å². The Balaban J connectivity index is 2.58. The van der Waals surface area contributed by atoms with E-state index in [1.54, 1.807) is 0 Å². The molecule has 0 saturated carbocycles. The van der Waals surface area contributed by atoms with Crippen LogP contribution in [0.3, 0.4) is 0 Å². The Bertz CT molecular complexity index is 540. The minimum absolute atomic E-state index is 0.0132. The van der Waals surface area contributed by atoms with Gasteiger partial charge in [0.2, 0.25) is 0 Å². The number of nitrogens with one attached hydrogen (secondary N) is 1. The summed E-state index contributed by atoms with van der Waals surface area (Å²) in [5, 5.41) is 3.08. The molecule has 0 aromatic carbocycles. The molecule has 0 atom stereocenters. The van der Waals surface area contributed by atoms with Crippen LogP contribution in [0.5, 0.6) is 0 Å². The number of alkyl halides is 3. The van der Waals surface area contributed by atoms with E-state index < -0.39 is 22.4 Å². The summed E-state index contributed by atoms with van der Waals surface area (Å²) in [6.45, 7) is 1.73. The largest absolute Gasteiger partial charge is 0.389 e. The molecular formula is C10H16F3N3O2S2. The lowest BCUT2D eigenvalue weighted by Gasteiger charge is -2.08. The molecule has 0 aliphatic carbocycles. The van der Waals surface area contributed by atoms with Crippen molar-refractivity contribution in [2.45, 2.75) is 37.3 Å². The normalized spacial score (nSPS) is 12.6. The van der Waals surface area contributed by atoms with Gasteiger partial charge >= 0.3 is 6.18 Å². The highest BCUT2D eigenvalue weighted by molar-refractivity contribution is 7.91. The second kappa shape index (κ2) is 6.61. The van der Waals surface area contributed by atoms with Gasteiger partial charge in [-0.05, 0) is 24.4 Å². The van der Waals surface area contributed by atoms with Gasteiger partial charge in [-0.1, -0.05) is 6.92 Å². The molecule has 0 radical (unpaired) electrons. The predicted molar refractivity (Wildman–Crippen MR) is 72.6 cm³/mol. The number of aromatic nitrogens is 1. The van der Waals surface area contributed by atoms with Crippen molar-refractivity contribution in [3.05, 3.63) is 0 Å². The van der Waals surface area contributed by atoms with E-state index in [2.05, 4.69) is 9.69 Å². The quantitative estimate of drug-likeness (QED) is 0.750. The number of nitrogens with two attached hydrogens (primary N) is 1. The number of halogens is 3. The minimum Gasteiger partial charge on any atom is -0.382 e. The summed E-state index contributed by atoms with van der Waals surface area (Å²) in [4.78, 5) is -0.0548. The maximum Gasteiger partial charge on any atom is 0.389 e. The first-order valence-electron chi connectivity index (χ1n) is 5.96. The number of rotatable bonds is 7. The lowest BCUT2D eigenvalue weighted by Crippen LogP contribution is -2.11. The number of hydrogen-bond donors (Lipinski definition) is 2. The molecule has 1 aromatic heterocycles. The van der Waals surface area contributed by atoms with E-state index in [-0.39, 0.29) is 40.9 Å². The molecule has 116 valence electrons. The molecule has 0 unspecified atom stereocenters. The van der Waals surface area contributed by atoms with Crippen LogP contribution in [-0.2, 0) is 9.84 Å². The van der Waals surface area contributed by atoms with Crippen LogP contribution in [0.25, 0.3) is 0 Å². The Morgan fingerprint density at radius 1 is 1.35 bits per heavy atom. The van der Waals surface area contributed by atoms with Gasteiger partial charge < -0.3 is 11.1 Å². The van der Waals surface area contributed by atoms with Crippen LogP contribution in [-0.4, -0.2) is 31.3 Å². The van der Waals surface area contributed by atoms with Crippen molar-refractivity contribution in [3.63, 3.8) is 0 Å². The first-order chi connectivity index (χ1) is 9.17. The van der Waals surface area contributed by atoms with Gasteiger partial charge in [-0.3, -0.25) is 0 Å². The number of nitrogen functional groups attached to an aromatic ring is 1. The third kappa shape index (κ3) is 4.82. The molecular weight excluding hydrogens is 315 g/mol. The van der Waals surface area contributed by atoms with Gasteiger partial charge in [0.1, 0.15) is 9.90 Å². The Morgan fingerprint density at radius 3 is 2.55 bits per heavy atom. The van der Waals surface area contributed by atoms with E-state index >= 15 is 0 Å². The Labute approximate surface area is 119 Å². The Morgan fingerprint density at radius 2 is 2.00 bits per heavy atom. The van der Waals surface area contributed by atoms with Crippen LogP contribution < -0.4 is 11.1 Å². The molecule has 1 rings (SSSR count). The molecule has 1 heterocycles. The molecule has 20 heavy (non-hydrogen) atoms. The van der Waals surface area contributed by atoms with Crippen LogP contribution in [0.2, 0.25) is 0 Å². The second-order valence-electron chi connectivity index (χ2n) is 4.13. The maximum absolute atomic E-state index is 12.0. The highest BCUT2D eigenvalue weighted by atomic mass is 32.2. The molecule has 0 saturated heterocycles. The van der Waals surface area contributed by atoms with Gasteiger partial charge in [0, 0.05) is 13.0 Å². The lowest BCUT2D eigenvalue weighted by molar-refractivity contribution is -0.135. The van der Waals surface area contributed by atoms with E-state index in [1.807, 2.05) is 0 Å². The van der Waals surface area contributed by atoms with Gasteiger partial charge in [-0.15, -0.1) is 0 Å². The third-order valence-corrected chi connectivity index (χ3v) is 5.28. The van der Waals surface area contributed by atoms with E-state index in [0.717, 1.165) is 11.5 Å². The zero-order valence-electron chi connectivity index (χ0n) is 10.8. The molecule has 1 aromatic rings. The number of anilines is 2. The first-order valence-corrected chi connectivity index (χ1v) is 8.38. The van der Waals surface area contributed by atoms with Crippen LogP contribution in [0.15, 0.2) is 4.90 Å².